The SMILES string of the molecule is C[C@@H](C(=O)NCCCC#Cc1cnc(Nc2ccc(C(N)=O)cc2)nc1N1CCCC1)N(C)C(=O)/C=C/CN(C)C. The first-order valence-electron chi connectivity index (χ1n) is 13.8. The van der Waals surface area contributed by atoms with Crippen molar-refractivity contribution in [2.75, 3.05) is 57.5 Å². The van der Waals surface area contributed by atoms with Gasteiger partial charge in [-0.25, -0.2) is 4.98 Å². The van der Waals surface area contributed by atoms with Gasteiger partial charge in [0.15, 0.2) is 0 Å². The minimum absolute atomic E-state index is 0.202. The molecule has 0 bridgehead atoms. The first-order valence-corrected chi connectivity index (χ1v) is 13.8. The smallest absolute Gasteiger partial charge is 0.248 e. The molecule has 1 aliphatic heterocycles. The van der Waals surface area contributed by atoms with Crippen molar-refractivity contribution in [3.63, 3.8) is 0 Å². The second-order valence-corrected chi connectivity index (χ2v) is 10.2. The highest BCUT2D eigenvalue weighted by atomic mass is 16.2. The Balaban J connectivity index is 1.54. The summed E-state index contributed by atoms with van der Waals surface area (Å²) in [6, 6.07) is 6.23. The third-order valence-electron chi connectivity index (χ3n) is 6.64. The average molecular weight is 561 g/mol. The van der Waals surface area contributed by atoms with Crippen LogP contribution in [0.25, 0.3) is 0 Å². The predicted octanol–water partition coefficient (Wildman–Crippen LogP) is 2.13. The Morgan fingerprint density at radius 1 is 1.15 bits per heavy atom. The van der Waals surface area contributed by atoms with Crippen molar-refractivity contribution in [3.05, 3.63) is 53.7 Å². The van der Waals surface area contributed by atoms with Crippen LogP contribution in [0.2, 0.25) is 0 Å². The maximum Gasteiger partial charge on any atom is 0.248 e. The summed E-state index contributed by atoms with van der Waals surface area (Å²) in [6.45, 7) is 4.64. The van der Waals surface area contributed by atoms with Gasteiger partial charge in [-0.1, -0.05) is 17.9 Å². The molecule has 0 spiro atoms. The van der Waals surface area contributed by atoms with E-state index in [0.29, 0.717) is 37.4 Å². The van der Waals surface area contributed by atoms with Gasteiger partial charge >= 0.3 is 0 Å². The van der Waals surface area contributed by atoms with Crippen LogP contribution in [0.5, 0.6) is 0 Å². The van der Waals surface area contributed by atoms with Gasteiger partial charge in [0, 0.05) is 57.0 Å². The molecule has 1 aliphatic rings. The van der Waals surface area contributed by atoms with Gasteiger partial charge in [0.05, 0.1) is 11.8 Å². The lowest BCUT2D eigenvalue weighted by Crippen LogP contribution is -2.45. The minimum atomic E-state index is -0.578. The molecule has 4 N–H and O–H groups in total. The molecule has 1 saturated heterocycles. The Hall–Kier alpha value is -4.43. The molecule has 1 aromatic heterocycles. The maximum absolute atomic E-state index is 12.5. The number of hydrogen-bond acceptors (Lipinski definition) is 8. The topological polar surface area (TPSA) is 137 Å². The first kappa shape index (κ1) is 31.1. The van der Waals surface area contributed by atoms with Crippen LogP contribution in [0, 0.1) is 11.8 Å². The number of unbranched alkanes of at least 4 members (excludes halogenated alkanes) is 1. The Morgan fingerprint density at radius 2 is 1.85 bits per heavy atom. The fraction of sp³-hybridized carbons (Fsp3) is 0.433. The molecular formula is C30H40N8O3. The van der Waals surface area contributed by atoms with E-state index in [0.717, 1.165) is 43.0 Å². The standard InChI is InChI=1S/C30H40N8O3/c1-22(37(4)26(39)12-10-18-36(2)3)29(41)32-17-7-5-6-11-24-21-33-30(35-28(24)38-19-8-9-20-38)34-25-15-13-23(14-16-25)27(31)40/h10,12-16,21-22H,5,7-9,17-20H2,1-4H3,(H2,31,40)(H,32,41)(H,33,34,35)/b12-10+/t22-/m0/s1. The van der Waals surface area contributed by atoms with E-state index in [1.165, 1.54) is 11.0 Å². The van der Waals surface area contributed by atoms with Gasteiger partial charge < -0.3 is 31.1 Å². The van der Waals surface area contributed by atoms with Crippen LogP contribution in [0.3, 0.4) is 0 Å². The van der Waals surface area contributed by atoms with Gasteiger partial charge in [-0.05, 0) is 64.5 Å². The average Bonchev–Trinajstić information content (AvgIpc) is 3.49. The maximum atomic E-state index is 12.5. The van der Waals surface area contributed by atoms with Gasteiger partial charge in [0.1, 0.15) is 11.9 Å². The third kappa shape index (κ3) is 9.61. The van der Waals surface area contributed by atoms with Crippen LogP contribution in [-0.4, -0.2) is 90.9 Å². The van der Waals surface area contributed by atoms with Crippen LogP contribution in [0.4, 0.5) is 17.5 Å². The number of benzene rings is 1. The van der Waals surface area contributed by atoms with Crippen LogP contribution in [0.1, 0.15) is 48.5 Å². The molecule has 3 rings (SSSR count). The summed E-state index contributed by atoms with van der Waals surface area (Å²) < 4.78 is 0. The summed E-state index contributed by atoms with van der Waals surface area (Å²) >= 11 is 0. The minimum Gasteiger partial charge on any atom is -0.366 e. The Kier molecular flexibility index (Phi) is 11.7. The van der Waals surface area contributed by atoms with Crippen LogP contribution >= 0.6 is 0 Å². The first-order chi connectivity index (χ1) is 19.7. The molecule has 2 aromatic rings. The molecule has 0 unspecified atom stereocenters. The highest BCUT2D eigenvalue weighted by Crippen LogP contribution is 2.24. The van der Waals surface area contributed by atoms with Crippen LogP contribution < -0.4 is 21.3 Å². The predicted molar refractivity (Wildman–Crippen MR) is 161 cm³/mol. The number of amides is 3. The second-order valence-electron chi connectivity index (χ2n) is 10.2. The zero-order chi connectivity index (χ0) is 29.8. The summed E-state index contributed by atoms with van der Waals surface area (Å²) in [5.41, 5.74) is 7.25. The number of nitrogens with two attached hydrogens (primary N) is 1. The number of carbonyl (C=O) groups excluding carboxylic acids is 3. The van der Waals surface area contributed by atoms with Crippen LogP contribution in [0.15, 0.2) is 42.6 Å². The van der Waals surface area contributed by atoms with Crippen molar-refractivity contribution < 1.29 is 14.4 Å². The van der Waals surface area contributed by atoms with E-state index in [9.17, 15) is 14.4 Å². The van der Waals surface area contributed by atoms with Gasteiger partial charge in [0.2, 0.25) is 23.7 Å². The monoisotopic (exact) mass is 560 g/mol. The van der Waals surface area contributed by atoms with Crippen molar-refractivity contribution in [2.24, 2.45) is 5.73 Å². The van der Waals surface area contributed by atoms with E-state index in [1.54, 1.807) is 50.5 Å². The van der Waals surface area contributed by atoms with E-state index in [4.69, 9.17) is 10.7 Å². The summed E-state index contributed by atoms with van der Waals surface area (Å²) in [5, 5.41) is 6.06. The van der Waals surface area contributed by atoms with E-state index in [2.05, 4.69) is 32.4 Å². The lowest BCUT2D eigenvalue weighted by atomic mass is 10.2. The molecule has 218 valence electrons. The number of nitrogens with one attached hydrogen (secondary N) is 2. The summed E-state index contributed by atoms with van der Waals surface area (Å²) in [7, 11) is 5.47. The van der Waals surface area contributed by atoms with Crippen molar-refractivity contribution in [1.82, 2.24) is 25.1 Å². The van der Waals surface area contributed by atoms with Gasteiger partial charge in [-0.2, -0.15) is 4.98 Å². The van der Waals surface area contributed by atoms with Gasteiger partial charge in [-0.3, -0.25) is 14.4 Å². The fourth-order valence-electron chi connectivity index (χ4n) is 4.08. The number of rotatable bonds is 12. The van der Waals surface area contributed by atoms with Crippen molar-refractivity contribution >= 4 is 35.2 Å². The molecule has 11 heteroatoms. The van der Waals surface area contributed by atoms with Gasteiger partial charge in [0.25, 0.3) is 0 Å². The van der Waals surface area contributed by atoms with Crippen molar-refractivity contribution in [2.45, 2.75) is 38.6 Å². The van der Waals surface area contributed by atoms with Gasteiger partial charge in [-0.15, -0.1) is 0 Å². The molecule has 0 radical (unpaired) electrons. The van der Waals surface area contributed by atoms with E-state index >= 15 is 0 Å². The third-order valence-corrected chi connectivity index (χ3v) is 6.64. The van der Waals surface area contributed by atoms with E-state index in [1.807, 2.05) is 19.0 Å². The summed E-state index contributed by atoms with van der Waals surface area (Å²) in [6.07, 6.45) is 8.44. The molecule has 2 heterocycles. The lowest BCUT2D eigenvalue weighted by Gasteiger charge is -2.23. The van der Waals surface area contributed by atoms with E-state index < -0.39 is 11.9 Å². The molecule has 1 aromatic carbocycles. The summed E-state index contributed by atoms with van der Waals surface area (Å²) in [5.74, 6) is 6.72. The molecule has 0 aliphatic carbocycles. The molecule has 1 atom stereocenters. The summed E-state index contributed by atoms with van der Waals surface area (Å²) in [4.78, 5) is 50.9. The Morgan fingerprint density at radius 3 is 2.51 bits per heavy atom. The number of carbonyl (C=O) groups is 3. The van der Waals surface area contributed by atoms with E-state index in [-0.39, 0.29) is 11.8 Å². The zero-order valence-electron chi connectivity index (χ0n) is 24.3. The molecular weight excluding hydrogens is 520 g/mol. The molecule has 3 amide bonds. The second kappa shape index (κ2) is 15.4. The number of hydrogen-bond donors (Lipinski definition) is 3. The number of anilines is 3. The number of likely N-dealkylation sites (N-methyl/N-ethyl adjacent to an activating group) is 2. The number of nitrogens with zero attached hydrogens (tertiary/aromatic N) is 5. The lowest BCUT2D eigenvalue weighted by molar-refractivity contribution is -0.135. The highest BCUT2D eigenvalue weighted by molar-refractivity contribution is 5.93. The fourth-order valence-corrected chi connectivity index (χ4v) is 4.08. The quantitative estimate of drug-likeness (QED) is 0.204. The van der Waals surface area contributed by atoms with Crippen LogP contribution in [-0.2, 0) is 9.59 Å². The van der Waals surface area contributed by atoms with Crippen molar-refractivity contribution in [1.29, 1.82) is 0 Å². The number of aromatic nitrogens is 2. The van der Waals surface area contributed by atoms with Crippen molar-refractivity contribution in [3.8, 4) is 11.8 Å². The Labute approximate surface area is 242 Å². The molecule has 11 nitrogen and oxygen atoms in total. The Bertz CT molecular complexity index is 1290. The molecule has 0 saturated carbocycles. The molecule has 41 heavy (non-hydrogen) atoms. The normalized spacial score (nSPS) is 13.5. The highest BCUT2D eigenvalue weighted by Gasteiger charge is 2.20. The largest absolute Gasteiger partial charge is 0.366 e. The number of primary amides is 1. The zero-order valence-corrected chi connectivity index (χ0v) is 24.3. The molecule has 1 fully saturated rings.